The quantitative estimate of drug-likeness (QED) is 0.733. The van der Waals surface area contributed by atoms with E-state index in [9.17, 15) is 14.0 Å². The maximum absolute atomic E-state index is 14.2. The fourth-order valence-corrected chi connectivity index (χ4v) is 3.51. The number of nitrogens with zero attached hydrogens (tertiary/aromatic N) is 2. The molecule has 1 aromatic heterocycles. The van der Waals surface area contributed by atoms with E-state index in [1.165, 1.54) is 25.1 Å². The zero-order valence-electron chi connectivity index (χ0n) is 15.1. The molecule has 1 saturated heterocycles. The first-order valence-electron chi connectivity index (χ1n) is 8.77. The SMILES string of the molecule is Cc1onc(-c2c(F)cccc2Cl)c1C(=O)OCC(=O)N1CCCC[C@@H]1C. The number of piperidine rings is 1. The Labute approximate surface area is 161 Å². The van der Waals surface area contributed by atoms with Gasteiger partial charge in [-0.2, -0.15) is 0 Å². The first-order valence-corrected chi connectivity index (χ1v) is 9.15. The van der Waals surface area contributed by atoms with Gasteiger partial charge in [0.1, 0.15) is 22.8 Å². The van der Waals surface area contributed by atoms with Crippen molar-refractivity contribution in [3.05, 3.63) is 40.4 Å². The van der Waals surface area contributed by atoms with Crippen LogP contribution in [0.4, 0.5) is 4.39 Å². The predicted octanol–water partition coefficient (Wildman–Crippen LogP) is 4.00. The summed E-state index contributed by atoms with van der Waals surface area (Å²) in [6, 6.07) is 4.27. The lowest BCUT2D eigenvalue weighted by Crippen LogP contribution is -2.44. The van der Waals surface area contributed by atoms with Crippen LogP contribution >= 0.6 is 11.6 Å². The third kappa shape index (κ3) is 3.98. The van der Waals surface area contributed by atoms with Crippen LogP contribution in [0.1, 0.15) is 42.3 Å². The summed E-state index contributed by atoms with van der Waals surface area (Å²) < 4.78 is 24.4. The lowest BCUT2D eigenvalue weighted by molar-refractivity contribution is -0.137. The van der Waals surface area contributed by atoms with Gasteiger partial charge in [0.25, 0.3) is 5.91 Å². The minimum absolute atomic E-state index is 0.0403. The molecule has 0 spiro atoms. The van der Waals surface area contributed by atoms with E-state index in [0.29, 0.717) is 6.54 Å². The highest BCUT2D eigenvalue weighted by Crippen LogP contribution is 2.33. The van der Waals surface area contributed by atoms with Crippen molar-refractivity contribution in [3.63, 3.8) is 0 Å². The number of aromatic nitrogens is 1. The average molecular weight is 395 g/mol. The molecule has 1 aromatic carbocycles. The summed E-state index contributed by atoms with van der Waals surface area (Å²) >= 11 is 6.06. The van der Waals surface area contributed by atoms with Crippen molar-refractivity contribution in [1.82, 2.24) is 10.1 Å². The summed E-state index contributed by atoms with van der Waals surface area (Å²) in [6.07, 6.45) is 2.95. The Morgan fingerprint density at radius 1 is 1.41 bits per heavy atom. The number of hydrogen-bond acceptors (Lipinski definition) is 5. The van der Waals surface area contributed by atoms with Crippen molar-refractivity contribution >= 4 is 23.5 Å². The number of benzene rings is 1. The van der Waals surface area contributed by atoms with E-state index in [-0.39, 0.29) is 39.6 Å². The molecule has 0 radical (unpaired) electrons. The van der Waals surface area contributed by atoms with Crippen LogP contribution in [0.2, 0.25) is 5.02 Å². The van der Waals surface area contributed by atoms with Gasteiger partial charge in [0.05, 0.1) is 10.6 Å². The van der Waals surface area contributed by atoms with Gasteiger partial charge in [-0.25, -0.2) is 9.18 Å². The molecular formula is C19H20ClFN2O4. The number of ether oxygens (including phenoxy) is 1. The number of hydrogen-bond donors (Lipinski definition) is 0. The molecule has 0 bridgehead atoms. The molecule has 0 unspecified atom stereocenters. The van der Waals surface area contributed by atoms with Crippen LogP contribution in [-0.4, -0.2) is 41.1 Å². The molecular weight excluding hydrogens is 375 g/mol. The topological polar surface area (TPSA) is 72.6 Å². The molecule has 0 aliphatic carbocycles. The van der Waals surface area contributed by atoms with Gasteiger partial charge < -0.3 is 14.2 Å². The summed E-state index contributed by atoms with van der Waals surface area (Å²) in [7, 11) is 0. The minimum Gasteiger partial charge on any atom is -0.452 e. The highest BCUT2D eigenvalue weighted by atomic mass is 35.5. The van der Waals surface area contributed by atoms with E-state index >= 15 is 0 Å². The van der Waals surface area contributed by atoms with Crippen molar-refractivity contribution < 1.29 is 23.2 Å². The van der Waals surface area contributed by atoms with Crippen molar-refractivity contribution in [2.24, 2.45) is 0 Å². The normalized spacial score (nSPS) is 17.0. The van der Waals surface area contributed by atoms with E-state index < -0.39 is 18.4 Å². The number of rotatable bonds is 4. The monoisotopic (exact) mass is 394 g/mol. The van der Waals surface area contributed by atoms with Gasteiger partial charge >= 0.3 is 5.97 Å². The number of carbonyl (C=O) groups is 2. The summed E-state index contributed by atoms with van der Waals surface area (Å²) in [5.74, 6) is -1.53. The van der Waals surface area contributed by atoms with Gasteiger partial charge in [0.2, 0.25) is 0 Å². The van der Waals surface area contributed by atoms with Crippen molar-refractivity contribution in [2.75, 3.05) is 13.2 Å². The fraction of sp³-hybridized carbons (Fsp3) is 0.421. The lowest BCUT2D eigenvalue weighted by atomic mass is 10.0. The van der Waals surface area contributed by atoms with Gasteiger partial charge in [-0.3, -0.25) is 4.79 Å². The van der Waals surface area contributed by atoms with Crippen LogP contribution in [-0.2, 0) is 9.53 Å². The second-order valence-electron chi connectivity index (χ2n) is 6.57. The van der Waals surface area contributed by atoms with Crippen LogP contribution in [0.15, 0.2) is 22.7 Å². The number of amides is 1. The largest absolute Gasteiger partial charge is 0.452 e. The lowest BCUT2D eigenvalue weighted by Gasteiger charge is -2.33. The maximum atomic E-state index is 14.2. The zero-order chi connectivity index (χ0) is 19.6. The molecule has 0 saturated carbocycles. The molecule has 27 heavy (non-hydrogen) atoms. The highest BCUT2D eigenvalue weighted by molar-refractivity contribution is 6.33. The van der Waals surface area contributed by atoms with Crippen LogP contribution < -0.4 is 0 Å². The van der Waals surface area contributed by atoms with Crippen LogP contribution in [0.5, 0.6) is 0 Å². The van der Waals surface area contributed by atoms with Crippen LogP contribution in [0.3, 0.4) is 0 Å². The summed E-state index contributed by atoms with van der Waals surface area (Å²) in [4.78, 5) is 26.6. The highest BCUT2D eigenvalue weighted by Gasteiger charge is 2.28. The number of carbonyl (C=O) groups excluding carboxylic acids is 2. The number of likely N-dealkylation sites (tertiary alicyclic amines) is 1. The third-order valence-electron chi connectivity index (χ3n) is 4.72. The molecule has 1 amide bonds. The molecule has 6 nitrogen and oxygen atoms in total. The minimum atomic E-state index is -0.805. The number of aryl methyl sites for hydroxylation is 1. The average Bonchev–Trinajstić information content (AvgIpc) is 3.01. The predicted molar refractivity (Wildman–Crippen MR) is 97.0 cm³/mol. The van der Waals surface area contributed by atoms with Gasteiger partial charge in [-0.1, -0.05) is 22.8 Å². The Morgan fingerprint density at radius 2 is 2.19 bits per heavy atom. The Kier molecular flexibility index (Phi) is 5.79. The van der Waals surface area contributed by atoms with Gasteiger partial charge in [0, 0.05) is 12.6 Å². The van der Waals surface area contributed by atoms with Crippen molar-refractivity contribution in [1.29, 1.82) is 0 Å². The zero-order valence-corrected chi connectivity index (χ0v) is 15.9. The van der Waals surface area contributed by atoms with Gasteiger partial charge in [-0.15, -0.1) is 0 Å². The Morgan fingerprint density at radius 3 is 2.89 bits per heavy atom. The van der Waals surface area contributed by atoms with Gasteiger partial charge in [0.15, 0.2) is 6.61 Å². The van der Waals surface area contributed by atoms with Crippen LogP contribution in [0, 0.1) is 12.7 Å². The molecule has 1 aliphatic heterocycles. The third-order valence-corrected chi connectivity index (χ3v) is 5.03. The summed E-state index contributed by atoms with van der Waals surface area (Å²) in [6.45, 7) is 3.75. The molecule has 3 rings (SSSR count). The molecule has 1 fully saturated rings. The molecule has 0 N–H and O–H groups in total. The molecule has 2 aromatic rings. The molecule has 1 atom stereocenters. The van der Waals surface area contributed by atoms with Crippen molar-refractivity contribution in [2.45, 2.75) is 39.2 Å². The van der Waals surface area contributed by atoms with Crippen molar-refractivity contribution in [3.8, 4) is 11.3 Å². The van der Waals surface area contributed by atoms with Gasteiger partial charge in [-0.05, 0) is 45.2 Å². The van der Waals surface area contributed by atoms with E-state index in [2.05, 4.69) is 5.16 Å². The van der Waals surface area contributed by atoms with E-state index in [1.54, 1.807) is 4.90 Å². The second-order valence-corrected chi connectivity index (χ2v) is 6.97. The molecule has 1 aliphatic rings. The van der Waals surface area contributed by atoms with E-state index in [0.717, 1.165) is 19.3 Å². The smallest absolute Gasteiger partial charge is 0.344 e. The first kappa shape index (κ1) is 19.4. The second kappa shape index (κ2) is 8.08. The summed E-state index contributed by atoms with van der Waals surface area (Å²) in [5, 5.41) is 3.86. The number of halogens is 2. The standard InChI is InChI=1S/C19H20ClFN2O4/c1-11-6-3-4-9-23(11)15(24)10-26-19(25)16-12(2)27-22-18(16)17-13(20)7-5-8-14(17)21/h5,7-8,11H,3-4,6,9-10H2,1-2H3/t11-/m0/s1. The maximum Gasteiger partial charge on any atom is 0.344 e. The first-order chi connectivity index (χ1) is 12.9. The molecule has 8 heteroatoms. The fourth-order valence-electron chi connectivity index (χ4n) is 3.26. The summed E-state index contributed by atoms with van der Waals surface area (Å²) in [5.41, 5.74) is -0.125. The molecule has 144 valence electrons. The Bertz CT molecular complexity index is 847. The number of esters is 1. The Balaban J connectivity index is 1.78. The van der Waals surface area contributed by atoms with Crippen LogP contribution in [0.25, 0.3) is 11.3 Å². The Hall–Kier alpha value is -2.41. The van der Waals surface area contributed by atoms with E-state index in [4.69, 9.17) is 20.9 Å². The van der Waals surface area contributed by atoms with E-state index in [1.807, 2.05) is 6.92 Å². The molecule has 2 heterocycles.